The highest BCUT2D eigenvalue weighted by molar-refractivity contribution is 7.14. The third kappa shape index (κ3) is 5.03. The lowest BCUT2D eigenvalue weighted by Crippen LogP contribution is -2.36. The first-order valence-electron chi connectivity index (χ1n) is 8.21. The van der Waals surface area contributed by atoms with Gasteiger partial charge < -0.3 is 5.32 Å². The molecule has 128 valence electrons. The van der Waals surface area contributed by atoms with Gasteiger partial charge >= 0.3 is 0 Å². The minimum absolute atomic E-state index is 0.0428. The van der Waals surface area contributed by atoms with E-state index in [-0.39, 0.29) is 29.9 Å². The molecule has 0 aliphatic rings. The van der Waals surface area contributed by atoms with Crippen molar-refractivity contribution < 1.29 is 9.59 Å². The van der Waals surface area contributed by atoms with Crippen LogP contribution in [0.5, 0.6) is 0 Å². The molecule has 2 aromatic rings. The van der Waals surface area contributed by atoms with Crippen LogP contribution >= 0.6 is 11.3 Å². The Balaban J connectivity index is 1.83. The van der Waals surface area contributed by atoms with Gasteiger partial charge in [0.15, 0.2) is 5.78 Å². The Morgan fingerprint density at radius 3 is 2.46 bits per heavy atom. The fourth-order valence-electron chi connectivity index (χ4n) is 2.51. The molecule has 1 N–H and O–H groups in total. The number of hydrogen-bond donors (Lipinski definition) is 1. The molecular weight excluding hydrogens is 318 g/mol. The minimum Gasteiger partial charge on any atom is -0.355 e. The molecule has 0 atom stereocenters. The van der Waals surface area contributed by atoms with Crippen molar-refractivity contribution >= 4 is 23.0 Å². The molecule has 0 radical (unpaired) electrons. The van der Waals surface area contributed by atoms with Crippen LogP contribution in [0.1, 0.15) is 52.4 Å². The lowest BCUT2D eigenvalue weighted by molar-refractivity contribution is -0.121. The molecule has 0 unspecified atom stereocenters. The van der Waals surface area contributed by atoms with Crippen molar-refractivity contribution in [1.29, 1.82) is 0 Å². The highest BCUT2D eigenvalue weighted by atomic mass is 32.1. The maximum absolute atomic E-state index is 12.1. The molecule has 4 heteroatoms. The van der Waals surface area contributed by atoms with Crippen LogP contribution in [0.4, 0.5) is 0 Å². The predicted octanol–water partition coefficient (Wildman–Crippen LogP) is 4.42. The summed E-state index contributed by atoms with van der Waals surface area (Å²) < 4.78 is 0. The smallest absolute Gasteiger partial charge is 0.220 e. The zero-order valence-corrected chi connectivity index (χ0v) is 15.6. The summed E-state index contributed by atoms with van der Waals surface area (Å²) >= 11 is 1.48. The minimum atomic E-state index is -0.142. The number of ketones is 1. The number of rotatable bonds is 7. The number of carbonyl (C=O) groups excluding carboxylic acids is 2. The average Bonchev–Trinajstić information content (AvgIpc) is 2.97. The first kappa shape index (κ1) is 18.4. The normalized spacial score (nSPS) is 11.3. The van der Waals surface area contributed by atoms with E-state index in [4.69, 9.17) is 0 Å². The van der Waals surface area contributed by atoms with Gasteiger partial charge in [0.25, 0.3) is 0 Å². The zero-order chi connectivity index (χ0) is 17.7. The first-order chi connectivity index (χ1) is 11.3. The molecule has 24 heavy (non-hydrogen) atoms. The van der Waals surface area contributed by atoms with Crippen LogP contribution in [-0.4, -0.2) is 18.2 Å². The number of thiophene rings is 1. The SMILES string of the molecule is Cc1cccc(C(C)(C)CNC(=O)CCC(=O)c2ccc(C)s2)c1. The number of nitrogens with one attached hydrogen (secondary N) is 1. The molecule has 0 saturated carbocycles. The third-order valence-corrected chi connectivity index (χ3v) is 5.16. The summed E-state index contributed by atoms with van der Waals surface area (Å²) in [6.45, 7) is 8.82. The largest absolute Gasteiger partial charge is 0.355 e. The van der Waals surface area contributed by atoms with E-state index >= 15 is 0 Å². The topological polar surface area (TPSA) is 46.2 Å². The Labute approximate surface area is 148 Å². The van der Waals surface area contributed by atoms with Crippen molar-refractivity contribution in [2.24, 2.45) is 0 Å². The second-order valence-electron chi connectivity index (χ2n) is 6.86. The maximum Gasteiger partial charge on any atom is 0.220 e. The van der Waals surface area contributed by atoms with Gasteiger partial charge in [-0.3, -0.25) is 9.59 Å². The molecule has 1 aromatic heterocycles. The van der Waals surface area contributed by atoms with Crippen LogP contribution in [0.15, 0.2) is 36.4 Å². The Hall–Kier alpha value is -1.94. The Kier molecular flexibility index (Phi) is 5.94. The molecule has 0 aliphatic carbocycles. The van der Waals surface area contributed by atoms with Crippen molar-refractivity contribution in [1.82, 2.24) is 5.32 Å². The molecular formula is C20H25NO2S. The number of hydrogen-bond acceptors (Lipinski definition) is 3. The average molecular weight is 343 g/mol. The maximum atomic E-state index is 12.1. The van der Waals surface area contributed by atoms with Crippen molar-refractivity contribution in [3.05, 3.63) is 57.3 Å². The lowest BCUT2D eigenvalue weighted by Gasteiger charge is -2.26. The Bertz CT molecular complexity index is 731. The Morgan fingerprint density at radius 2 is 1.83 bits per heavy atom. The van der Waals surface area contributed by atoms with Crippen molar-refractivity contribution in [2.45, 2.75) is 46.0 Å². The van der Waals surface area contributed by atoms with E-state index in [2.05, 4.69) is 44.3 Å². The fraction of sp³-hybridized carbons (Fsp3) is 0.400. The van der Waals surface area contributed by atoms with Gasteiger partial charge in [-0.05, 0) is 31.5 Å². The molecule has 1 heterocycles. The molecule has 0 aliphatic heterocycles. The van der Waals surface area contributed by atoms with E-state index in [1.54, 1.807) is 0 Å². The number of carbonyl (C=O) groups is 2. The highest BCUT2D eigenvalue weighted by Gasteiger charge is 2.21. The van der Waals surface area contributed by atoms with Gasteiger partial charge in [-0.2, -0.15) is 0 Å². The second-order valence-corrected chi connectivity index (χ2v) is 8.15. The quantitative estimate of drug-likeness (QED) is 0.756. The molecule has 1 aromatic carbocycles. The van der Waals surface area contributed by atoms with Gasteiger partial charge in [0.2, 0.25) is 5.91 Å². The molecule has 0 spiro atoms. The number of amides is 1. The molecule has 0 bridgehead atoms. The summed E-state index contributed by atoms with van der Waals surface area (Å²) in [5, 5.41) is 2.97. The predicted molar refractivity (Wildman–Crippen MR) is 99.8 cm³/mol. The van der Waals surface area contributed by atoms with Gasteiger partial charge in [0.05, 0.1) is 4.88 Å². The molecule has 1 amide bonds. The van der Waals surface area contributed by atoms with E-state index in [1.165, 1.54) is 22.5 Å². The van der Waals surface area contributed by atoms with Crippen LogP contribution in [0.3, 0.4) is 0 Å². The van der Waals surface area contributed by atoms with E-state index in [9.17, 15) is 9.59 Å². The van der Waals surface area contributed by atoms with Crippen molar-refractivity contribution in [3.8, 4) is 0 Å². The van der Waals surface area contributed by atoms with E-state index in [1.807, 2.05) is 25.1 Å². The van der Waals surface area contributed by atoms with Crippen LogP contribution in [0.25, 0.3) is 0 Å². The van der Waals surface area contributed by atoms with Gasteiger partial charge in [0, 0.05) is 29.7 Å². The second kappa shape index (κ2) is 7.75. The van der Waals surface area contributed by atoms with Gasteiger partial charge in [-0.1, -0.05) is 43.7 Å². The number of Topliss-reactive ketones (excluding diaryl/α,β-unsaturated/α-hetero) is 1. The third-order valence-electron chi connectivity index (χ3n) is 4.12. The summed E-state index contributed by atoms with van der Waals surface area (Å²) in [6.07, 6.45) is 0.496. The summed E-state index contributed by atoms with van der Waals surface area (Å²) in [5.41, 5.74) is 2.27. The highest BCUT2D eigenvalue weighted by Crippen LogP contribution is 2.23. The number of benzene rings is 1. The summed E-state index contributed by atoms with van der Waals surface area (Å²) in [4.78, 5) is 26.0. The summed E-state index contributed by atoms with van der Waals surface area (Å²) in [7, 11) is 0. The van der Waals surface area contributed by atoms with Crippen LogP contribution in [0.2, 0.25) is 0 Å². The van der Waals surface area contributed by atoms with Crippen LogP contribution in [0, 0.1) is 13.8 Å². The van der Waals surface area contributed by atoms with Gasteiger partial charge in [0.1, 0.15) is 0 Å². The van der Waals surface area contributed by atoms with Crippen molar-refractivity contribution in [3.63, 3.8) is 0 Å². The Morgan fingerprint density at radius 1 is 1.08 bits per heavy atom. The van der Waals surface area contributed by atoms with E-state index in [0.29, 0.717) is 6.54 Å². The molecule has 0 saturated heterocycles. The van der Waals surface area contributed by atoms with E-state index < -0.39 is 0 Å². The fourth-order valence-corrected chi connectivity index (χ4v) is 3.35. The summed E-state index contributed by atoms with van der Waals surface area (Å²) in [6, 6.07) is 12.1. The lowest BCUT2D eigenvalue weighted by atomic mass is 9.84. The monoisotopic (exact) mass is 343 g/mol. The molecule has 3 nitrogen and oxygen atoms in total. The standard InChI is InChI=1S/C20H25NO2S/c1-14-6-5-7-16(12-14)20(3,4)13-21-19(23)11-9-17(22)18-10-8-15(2)24-18/h5-8,10,12H,9,11,13H2,1-4H3,(H,21,23). The first-order valence-corrected chi connectivity index (χ1v) is 9.03. The molecule has 0 fully saturated rings. The number of aryl methyl sites for hydroxylation is 2. The zero-order valence-electron chi connectivity index (χ0n) is 14.8. The van der Waals surface area contributed by atoms with Crippen molar-refractivity contribution in [2.75, 3.05) is 6.54 Å². The van der Waals surface area contributed by atoms with E-state index in [0.717, 1.165) is 9.75 Å². The van der Waals surface area contributed by atoms with Gasteiger partial charge in [-0.25, -0.2) is 0 Å². The van der Waals surface area contributed by atoms with Gasteiger partial charge in [-0.15, -0.1) is 11.3 Å². The summed E-state index contributed by atoms with van der Waals surface area (Å²) in [5.74, 6) is -0.0291. The van der Waals surface area contributed by atoms with Crippen LogP contribution < -0.4 is 5.32 Å². The molecule has 2 rings (SSSR count). The van der Waals surface area contributed by atoms with Crippen LogP contribution in [-0.2, 0) is 10.2 Å².